The first-order valence-corrected chi connectivity index (χ1v) is 12.4. The smallest absolute Gasteiger partial charge is 0.333 e. The van der Waals surface area contributed by atoms with Gasteiger partial charge in [-0.05, 0) is 58.4 Å². The summed E-state index contributed by atoms with van der Waals surface area (Å²) in [5.41, 5.74) is 0.000989. The van der Waals surface area contributed by atoms with E-state index in [1.807, 2.05) is 34.6 Å². The highest BCUT2D eigenvalue weighted by Crippen LogP contribution is 2.26. The summed E-state index contributed by atoms with van der Waals surface area (Å²) in [6, 6.07) is -0.920. The van der Waals surface area contributed by atoms with Gasteiger partial charge in [-0.15, -0.1) is 0 Å². The van der Waals surface area contributed by atoms with E-state index in [1.165, 1.54) is 0 Å². The molecule has 0 aromatic heterocycles. The molecule has 1 fully saturated rings. The van der Waals surface area contributed by atoms with E-state index in [2.05, 4.69) is 24.1 Å². The molecule has 7 heteroatoms. The first-order chi connectivity index (χ1) is 15.2. The SMILES string of the molecule is CCOC(=O)/C(C)=C/C(C(C)C)N(C)C(=O)[C@@H](NC(=O)[C@H]1CCCCN1C(C)C)C(C)(C)C. The van der Waals surface area contributed by atoms with Crippen molar-refractivity contribution >= 4 is 17.8 Å². The zero-order chi connectivity index (χ0) is 25.5. The molecule has 3 atom stereocenters. The van der Waals surface area contributed by atoms with Crippen LogP contribution in [0.4, 0.5) is 0 Å². The van der Waals surface area contributed by atoms with Crippen LogP contribution in [0.3, 0.4) is 0 Å². The number of esters is 1. The summed E-state index contributed by atoms with van der Waals surface area (Å²) < 4.78 is 5.10. The molecule has 0 aromatic rings. The van der Waals surface area contributed by atoms with E-state index in [-0.39, 0.29) is 41.8 Å². The molecule has 1 N–H and O–H groups in total. The summed E-state index contributed by atoms with van der Waals surface area (Å²) in [7, 11) is 1.74. The molecule has 0 saturated carbocycles. The van der Waals surface area contributed by atoms with Crippen molar-refractivity contribution in [2.45, 2.75) is 106 Å². The number of carbonyl (C=O) groups is 3. The lowest BCUT2D eigenvalue weighted by molar-refractivity contribution is -0.142. The van der Waals surface area contributed by atoms with Crippen molar-refractivity contribution in [2.24, 2.45) is 11.3 Å². The van der Waals surface area contributed by atoms with Crippen LogP contribution in [0.15, 0.2) is 11.6 Å². The molecule has 1 aliphatic rings. The average molecular weight is 466 g/mol. The molecule has 1 heterocycles. The maximum atomic E-state index is 13.7. The van der Waals surface area contributed by atoms with Gasteiger partial charge in [-0.25, -0.2) is 4.79 Å². The van der Waals surface area contributed by atoms with Gasteiger partial charge in [0.15, 0.2) is 0 Å². The lowest BCUT2D eigenvalue weighted by Gasteiger charge is -2.41. The highest BCUT2D eigenvalue weighted by Gasteiger charge is 2.39. The maximum absolute atomic E-state index is 13.7. The van der Waals surface area contributed by atoms with Gasteiger partial charge in [-0.3, -0.25) is 14.5 Å². The van der Waals surface area contributed by atoms with Crippen molar-refractivity contribution in [3.8, 4) is 0 Å². The Labute approximate surface area is 201 Å². The molecule has 1 saturated heterocycles. The molecule has 0 aromatic carbocycles. The summed E-state index contributed by atoms with van der Waals surface area (Å²) in [5.74, 6) is -0.538. The number of amides is 2. The first-order valence-electron chi connectivity index (χ1n) is 12.4. The summed E-state index contributed by atoms with van der Waals surface area (Å²) in [6.45, 7) is 18.8. The summed E-state index contributed by atoms with van der Waals surface area (Å²) in [5, 5.41) is 3.10. The standard InChI is InChI=1S/C26H47N3O4/c1-11-33-25(32)19(6)16-21(17(2)3)28(10)24(31)22(26(7,8)9)27-23(30)20-14-12-13-15-29(20)18(4)5/h16-18,20-22H,11-15H2,1-10H3,(H,27,30)/b19-16+/t20-,21?,22-/m1/s1. The molecule has 7 nitrogen and oxygen atoms in total. The van der Waals surface area contributed by atoms with Gasteiger partial charge in [0, 0.05) is 18.7 Å². The minimum Gasteiger partial charge on any atom is -0.463 e. The fourth-order valence-electron chi connectivity index (χ4n) is 4.41. The van der Waals surface area contributed by atoms with Gasteiger partial charge in [0.05, 0.1) is 18.7 Å². The zero-order valence-electron chi connectivity index (χ0n) is 22.5. The predicted molar refractivity (Wildman–Crippen MR) is 133 cm³/mol. The summed E-state index contributed by atoms with van der Waals surface area (Å²) in [4.78, 5) is 43.1. The Morgan fingerprint density at radius 2 is 1.76 bits per heavy atom. The number of hydrogen-bond acceptors (Lipinski definition) is 5. The van der Waals surface area contributed by atoms with Crippen LogP contribution in [0.5, 0.6) is 0 Å². The molecule has 2 amide bonds. The topological polar surface area (TPSA) is 79.0 Å². The maximum Gasteiger partial charge on any atom is 0.333 e. The van der Waals surface area contributed by atoms with E-state index < -0.39 is 11.5 Å². The monoisotopic (exact) mass is 465 g/mol. The number of nitrogens with zero attached hydrogens (tertiary/aromatic N) is 2. The van der Waals surface area contributed by atoms with E-state index in [1.54, 1.807) is 31.9 Å². The Morgan fingerprint density at radius 1 is 1.15 bits per heavy atom. The highest BCUT2D eigenvalue weighted by molar-refractivity contribution is 5.91. The van der Waals surface area contributed by atoms with Gasteiger partial charge in [0.25, 0.3) is 0 Å². The number of ether oxygens (including phenoxy) is 1. The van der Waals surface area contributed by atoms with Crippen molar-refractivity contribution in [1.29, 1.82) is 0 Å². The lowest BCUT2D eigenvalue weighted by Crippen LogP contribution is -2.60. The molecule has 1 aliphatic heterocycles. The number of carbonyl (C=O) groups excluding carboxylic acids is 3. The molecule has 0 aliphatic carbocycles. The van der Waals surface area contributed by atoms with Crippen molar-refractivity contribution in [3.05, 3.63) is 11.6 Å². The lowest BCUT2D eigenvalue weighted by atomic mass is 9.84. The van der Waals surface area contributed by atoms with Crippen molar-refractivity contribution in [2.75, 3.05) is 20.2 Å². The Bertz CT molecular complexity index is 709. The third-order valence-electron chi connectivity index (χ3n) is 6.41. The number of likely N-dealkylation sites (tertiary alicyclic amines) is 1. The minimum atomic E-state index is -0.677. The van der Waals surface area contributed by atoms with Crippen molar-refractivity contribution in [3.63, 3.8) is 0 Å². The van der Waals surface area contributed by atoms with Gasteiger partial charge in [0.1, 0.15) is 6.04 Å². The molecular weight excluding hydrogens is 418 g/mol. The zero-order valence-corrected chi connectivity index (χ0v) is 22.5. The predicted octanol–water partition coefficient (Wildman–Crippen LogP) is 3.77. The van der Waals surface area contributed by atoms with E-state index in [0.717, 1.165) is 25.8 Å². The molecule has 190 valence electrons. The molecule has 0 bridgehead atoms. The van der Waals surface area contributed by atoms with Crippen LogP contribution in [0.2, 0.25) is 0 Å². The second-order valence-corrected chi connectivity index (χ2v) is 10.9. The average Bonchev–Trinajstić information content (AvgIpc) is 2.73. The number of rotatable bonds is 9. The summed E-state index contributed by atoms with van der Waals surface area (Å²) >= 11 is 0. The first kappa shape index (κ1) is 29.1. The van der Waals surface area contributed by atoms with Crippen molar-refractivity contribution < 1.29 is 19.1 Å². The number of hydrogen-bond donors (Lipinski definition) is 1. The fraction of sp³-hybridized carbons (Fsp3) is 0.808. The second kappa shape index (κ2) is 12.5. The highest BCUT2D eigenvalue weighted by atomic mass is 16.5. The molecule has 1 unspecified atom stereocenters. The van der Waals surface area contributed by atoms with E-state index in [9.17, 15) is 14.4 Å². The molecular formula is C26H47N3O4. The van der Waals surface area contributed by atoms with Gasteiger partial charge >= 0.3 is 5.97 Å². The molecule has 0 radical (unpaired) electrons. The van der Waals surface area contributed by atoms with E-state index in [0.29, 0.717) is 12.2 Å². The van der Waals surface area contributed by atoms with Crippen LogP contribution in [0.1, 0.15) is 81.6 Å². The van der Waals surface area contributed by atoms with Crippen LogP contribution >= 0.6 is 0 Å². The fourth-order valence-corrected chi connectivity index (χ4v) is 4.41. The number of likely N-dealkylation sites (N-methyl/N-ethyl adjacent to an activating group) is 1. The van der Waals surface area contributed by atoms with Crippen molar-refractivity contribution in [1.82, 2.24) is 15.1 Å². The molecule has 33 heavy (non-hydrogen) atoms. The largest absolute Gasteiger partial charge is 0.463 e. The Balaban J connectivity index is 3.15. The quantitative estimate of drug-likeness (QED) is 0.414. The second-order valence-electron chi connectivity index (χ2n) is 10.9. The van der Waals surface area contributed by atoms with Crippen LogP contribution in [0, 0.1) is 11.3 Å². The Hall–Kier alpha value is -1.89. The van der Waals surface area contributed by atoms with Gasteiger partial charge in [0.2, 0.25) is 11.8 Å². The minimum absolute atomic E-state index is 0.0782. The Kier molecular flexibility index (Phi) is 11.1. The van der Waals surface area contributed by atoms with Crippen LogP contribution in [-0.2, 0) is 19.1 Å². The van der Waals surface area contributed by atoms with E-state index >= 15 is 0 Å². The van der Waals surface area contributed by atoms with Crippen LogP contribution < -0.4 is 5.32 Å². The number of nitrogens with one attached hydrogen (secondary N) is 1. The van der Waals surface area contributed by atoms with Crippen LogP contribution in [-0.4, -0.2) is 72.0 Å². The van der Waals surface area contributed by atoms with Crippen LogP contribution in [0.25, 0.3) is 0 Å². The molecule has 0 spiro atoms. The third-order valence-corrected chi connectivity index (χ3v) is 6.41. The summed E-state index contributed by atoms with van der Waals surface area (Å²) in [6.07, 6.45) is 4.71. The van der Waals surface area contributed by atoms with Gasteiger partial charge < -0.3 is 15.0 Å². The van der Waals surface area contributed by atoms with E-state index in [4.69, 9.17) is 4.74 Å². The normalized spacial score (nSPS) is 19.9. The molecule has 1 rings (SSSR count). The van der Waals surface area contributed by atoms with Gasteiger partial charge in [-0.1, -0.05) is 47.1 Å². The number of piperidine rings is 1. The third kappa shape index (κ3) is 8.13. The Morgan fingerprint density at radius 3 is 2.24 bits per heavy atom. The van der Waals surface area contributed by atoms with Gasteiger partial charge in [-0.2, -0.15) is 0 Å².